The minimum absolute atomic E-state index is 0.0169. The molecule has 0 fully saturated rings. The maximum atomic E-state index is 11.3. The van der Waals surface area contributed by atoms with E-state index >= 15 is 0 Å². The van der Waals surface area contributed by atoms with Gasteiger partial charge < -0.3 is 15.2 Å². The lowest BCUT2D eigenvalue weighted by molar-refractivity contribution is 0.0440. The van der Waals surface area contributed by atoms with Gasteiger partial charge in [0.05, 0.1) is 24.6 Å². The molecule has 0 spiro atoms. The number of aliphatic hydroxyl groups is 1. The number of alkyl carbamates (subject to hydrolysis) is 1. The predicted octanol–water partition coefficient (Wildman–Crippen LogP) is 1.17. The van der Waals surface area contributed by atoms with Crippen molar-refractivity contribution in [3.63, 3.8) is 0 Å². The van der Waals surface area contributed by atoms with Gasteiger partial charge in [-0.3, -0.25) is 0 Å². The number of hydrogen-bond donors (Lipinski definition) is 2. The van der Waals surface area contributed by atoms with Crippen LogP contribution in [0.3, 0.4) is 0 Å². The molecule has 1 amide bonds. The lowest BCUT2D eigenvalue weighted by atomic mass is 10.1. The summed E-state index contributed by atoms with van der Waals surface area (Å²) < 4.78 is 4.99. The van der Waals surface area contributed by atoms with E-state index in [4.69, 9.17) is 10.00 Å². The first kappa shape index (κ1) is 13.7. The first-order valence-corrected chi connectivity index (χ1v) is 4.81. The highest BCUT2D eigenvalue weighted by atomic mass is 16.6. The highest BCUT2D eigenvalue weighted by Gasteiger charge is 2.20. The average molecular weight is 214 g/mol. The van der Waals surface area contributed by atoms with Crippen molar-refractivity contribution in [1.82, 2.24) is 5.32 Å². The second-order valence-corrected chi connectivity index (χ2v) is 4.36. The SMILES string of the molecule is C[C@H](NC(=O)OC(C)(C)C)[C@H](O)CC#N. The molecule has 15 heavy (non-hydrogen) atoms. The third kappa shape index (κ3) is 6.75. The zero-order valence-electron chi connectivity index (χ0n) is 9.57. The molecule has 0 aliphatic heterocycles. The summed E-state index contributed by atoms with van der Waals surface area (Å²) in [4.78, 5) is 11.3. The van der Waals surface area contributed by atoms with Crippen LogP contribution >= 0.6 is 0 Å². The Morgan fingerprint density at radius 1 is 1.60 bits per heavy atom. The van der Waals surface area contributed by atoms with E-state index in [0.717, 1.165) is 0 Å². The van der Waals surface area contributed by atoms with E-state index in [9.17, 15) is 9.90 Å². The Morgan fingerprint density at radius 3 is 2.53 bits per heavy atom. The molecule has 0 aliphatic carbocycles. The average Bonchev–Trinajstić information content (AvgIpc) is 2.00. The molecule has 0 bridgehead atoms. The van der Waals surface area contributed by atoms with Gasteiger partial charge in [-0.1, -0.05) is 0 Å². The number of rotatable bonds is 3. The summed E-state index contributed by atoms with van der Waals surface area (Å²) >= 11 is 0. The number of carbonyl (C=O) groups is 1. The van der Waals surface area contributed by atoms with Crippen LogP contribution in [0.1, 0.15) is 34.1 Å². The van der Waals surface area contributed by atoms with Crippen molar-refractivity contribution in [3.8, 4) is 6.07 Å². The van der Waals surface area contributed by atoms with E-state index in [-0.39, 0.29) is 6.42 Å². The molecular weight excluding hydrogens is 196 g/mol. The Balaban J connectivity index is 4.03. The number of nitrogens with zero attached hydrogens (tertiary/aromatic N) is 1. The Kier molecular flexibility index (Phi) is 5.09. The van der Waals surface area contributed by atoms with Gasteiger partial charge in [-0.05, 0) is 27.7 Å². The zero-order valence-corrected chi connectivity index (χ0v) is 9.57. The molecule has 2 atom stereocenters. The molecule has 0 saturated heterocycles. The Hall–Kier alpha value is -1.28. The van der Waals surface area contributed by atoms with Gasteiger partial charge in [0.2, 0.25) is 0 Å². The number of nitriles is 1. The van der Waals surface area contributed by atoms with E-state index in [0.29, 0.717) is 0 Å². The largest absolute Gasteiger partial charge is 0.444 e. The number of hydrogen-bond acceptors (Lipinski definition) is 4. The van der Waals surface area contributed by atoms with Gasteiger partial charge >= 0.3 is 6.09 Å². The smallest absolute Gasteiger partial charge is 0.407 e. The quantitative estimate of drug-likeness (QED) is 0.738. The zero-order chi connectivity index (χ0) is 12.1. The van der Waals surface area contributed by atoms with Crippen molar-refractivity contribution < 1.29 is 14.6 Å². The van der Waals surface area contributed by atoms with Gasteiger partial charge in [-0.15, -0.1) is 0 Å². The molecular formula is C10H18N2O3. The molecule has 0 aromatic heterocycles. The molecule has 0 rings (SSSR count). The number of amides is 1. The van der Waals surface area contributed by atoms with Crippen LogP contribution in [0.2, 0.25) is 0 Å². The van der Waals surface area contributed by atoms with Crippen molar-refractivity contribution in [2.45, 2.75) is 51.9 Å². The summed E-state index contributed by atoms with van der Waals surface area (Å²) in [6.07, 6.45) is -1.48. The van der Waals surface area contributed by atoms with Gasteiger partial charge in [0.25, 0.3) is 0 Å². The molecule has 0 aliphatic rings. The minimum Gasteiger partial charge on any atom is -0.444 e. The van der Waals surface area contributed by atoms with Crippen LogP contribution in [-0.2, 0) is 4.74 Å². The van der Waals surface area contributed by atoms with Crippen molar-refractivity contribution >= 4 is 6.09 Å². The highest BCUT2D eigenvalue weighted by Crippen LogP contribution is 2.07. The predicted molar refractivity (Wildman–Crippen MR) is 55.1 cm³/mol. The van der Waals surface area contributed by atoms with E-state index < -0.39 is 23.8 Å². The number of aliphatic hydroxyl groups excluding tert-OH is 1. The lowest BCUT2D eigenvalue weighted by Crippen LogP contribution is -2.43. The van der Waals surface area contributed by atoms with Crippen LogP contribution in [-0.4, -0.2) is 28.9 Å². The first-order chi connectivity index (χ1) is 6.76. The van der Waals surface area contributed by atoms with Gasteiger partial charge in [-0.25, -0.2) is 4.79 Å². The lowest BCUT2D eigenvalue weighted by Gasteiger charge is -2.23. The van der Waals surface area contributed by atoms with Crippen molar-refractivity contribution in [1.29, 1.82) is 5.26 Å². The van der Waals surface area contributed by atoms with Crippen LogP contribution in [0.25, 0.3) is 0 Å². The molecule has 0 aromatic rings. The Bertz CT molecular complexity index is 252. The van der Waals surface area contributed by atoms with Gasteiger partial charge in [-0.2, -0.15) is 5.26 Å². The fraction of sp³-hybridized carbons (Fsp3) is 0.800. The second-order valence-electron chi connectivity index (χ2n) is 4.36. The van der Waals surface area contributed by atoms with Crippen molar-refractivity contribution in [3.05, 3.63) is 0 Å². The normalized spacial score (nSPS) is 14.9. The molecule has 5 nitrogen and oxygen atoms in total. The van der Waals surface area contributed by atoms with E-state index in [1.165, 1.54) is 0 Å². The molecule has 0 unspecified atom stereocenters. The first-order valence-electron chi connectivity index (χ1n) is 4.81. The summed E-state index contributed by atoms with van der Waals surface area (Å²) in [6, 6.07) is 1.33. The summed E-state index contributed by atoms with van der Waals surface area (Å²) in [5, 5.41) is 20.2. The van der Waals surface area contributed by atoms with E-state index in [2.05, 4.69) is 5.32 Å². The molecule has 0 aromatic carbocycles. The van der Waals surface area contributed by atoms with Crippen LogP contribution < -0.4 is 5.32 Å². The van der Waals surface area contributed by atoms with Gasteiger partial charge in [0.1, 0.15) is 5.60 Å². The van der Waals surface area contributed by atoms with Crippen LogP contribution in [0.5, 0.6) is 0 Å². The maximum Gasteiger partial charge on any atom is 0.407 e. The number of carbonyl (C=O) groups excluding carboxylic acids is 1. The van der Waals surface area contributed by atoms with Crippen LogP contribution in [0.15, 0.2) is 0 Å². The molecule has 86 valence electrons. The van der Waals surface area contributed by atoms with E-state index in [1.807, 2.05) is 6.07 Å². The molecule has 5 heteroatoms. The molecule has 0 radical (unpaired) electrons. The maximum absolute atomic E-state index is 11.3. The van der Waals surface area contributed by atoms with Crippen LogP contribution in [0, 0.1) is 11.3 Å². The summed E-state index contributed by atoms with van der Waals surface area (Å²) in [5.41, 5.74) is -0.565. The minimum atomic E-state index is -0.873. The fourth-order valence-electron chi connectivity index (χ4n) is 0.860. The Morgan fingerprint density at radius 2 is 2.13 bits per heavy atom. The van der Waals surface area contributed by atoms with Crippen molar-refractivity contribution in [2.24, 2.45) is 0 Å². The molecule has 2 N–H and O–H groups in total. The third-order valence-corrected chi connectivity index (χ3v) is 1.62. The monoisotopic (exact) mass is 214 g/mol. The molecule has 0 saturated carbocycles. The molecule has 0 heterocycles. The number of nitrogens with one attached hydrogen (secondary N) is 1. The summed E-state index contributed by atoms with van der Waals surface area (Å²) in [6.45, 7) is 6.88. The summed E-state index contributed by atoms with van der Waals surface area (Å²) in [7, 11) is 0. The summed E-state index contributed by atoms with van der Waals surface area (Å²) in [5.74, 6) is 0. The van der Waals surface area contributed by atoms with E-state index in [1.54, 1.807) is 27.7 Å². The third-order valence-electron chi connectivity index (χ3n) is 1.62. The Labute approximate surface area is 90.0 Å². The van der Waals surface area contributed by atoms with Crippen molar-refractivity contribution in [2.75, 3.05) is 0 Å². The second kappa shape index (κ2) is 5.56. The highest BCUT2D eigenvalue weighted by molar-refractivity contribution is 5.68. The fourth-order valence-corrected chi connectivity index (χ4v) is 0.860. The van der Waals surface area contributed by atoms with Gasteiger partial charge in [0.15, 0.2) is 0 Å². The van der Waals surface area contributed by atoms with Crippen LogP contribution in [0.4, 0.5) is 4.79 Å². The standard InChI is InChI=1S/C10H18N2O3/c1-7(8(13)5-6-11)12-9(14)15-10(2,3)4/h7-8,13H,5H2,1-4H3,(H,12,14)/t7-,8+/m0/s1. The number of ether oxygens (including phenoxy) is 1. The topological polar surface area (TPSA) is 82.3 Å². The van der Waals surface area contributed by atoms with Gasteiger partial charge in [0, 0.05) is 0 Å².